The summed E-state index contributed by atoms with van der Waals surface area (Å²) in [5, 5.41) is 8.53. The maximum Gasteiger partial charge on any atom is 0.215 e. The van der Waals surface area contributed by atoms with Crippen LogP contribution in [-0.2, 0) is 0 Å². The Labute approximate surface area is 53.8 Å². The summed E-state index contributed by atoms with van der Waals surface area (Å²) in [6, 6.07) is -0.349. The molecule has 0 bridgehead atoms. The maximum absolute atomic E-state index is 8.74. The van der Waals surface area contributed by atoms with Crippen molar-refractivity contribution in [1.82, 2.24) is 9.97 Å². The van der Waals surface area contributed by atoms with E-state index in [1.54, 1.807) is 0 Å². The molecule has 0 saturated carbocycles. The lowest BCUT2D eigenvalue weighted by Gasteiger charge is -1.86. The molecular weight excluding hydrogens is 128 g/mol. The van der Waals surface area contributed by atoms with Gasteiger partial charge in [0.25, 0.3) is 0 Å². The molecular formula is C4H3ClN2O. The Bertz CT molecular complexity index is 244. The SMILES string of the molecule is [2H]c1nc(O)c([2H])c(Cl)n1. The minimum Gasteiger partial charge on any atom is -0.493 e. The van der Waals surface area contributed by atoms with E-state index in [0.29, 0.717) is 0 Å². The van der Waals surface area contributed by atoms with Crippen molar-refractivity contribution in [2.45, 2.75) is 0 Å². The molecule has 4 heteroatoms. The lowest BCUT2D eigenvalue weighted by molar-refractivity contribution is 0.452. The van der Waals surface area contributed by atoms with Crippen molar-refractivity contribution in [1.29, 1.82) is 0 Å². The molecule has 0 aliphatic rings. The molecule has 1 rings (SSSR count). The highest BCUT2D eigenvalue weighted by molar-refractivity contribution is 6.29. The third-order valence-electron chi connectivity index (χ3n) is 0.519. The first-order chi connectivity index (χ1) is 4.61. The molecule has 0 aliphatic carbocycles. The van der Waals surface area contributed by atoms with Crippen LogP contribution in [0.4, 0.5) is 0 Å². The van der Waals surface area contributed by atoms with Crippen LogP contribution in [0.5, 0.6) is 5.88 Å². The first-order valence-corrected chi connectivity index (χ1v) is 2.18. The number of aromatic nitrogens is 2. The minimum atomic E-state index is -0.565. The van der Waals surface area contributed by atoms with Crippen molar-refractivity contribution >= 4 is 11.6 Å². The number of rotatable bonds is 0. The molecule has 1 aromatic rings. The van der Waals surface area contributed by atoms with Crippen molar-refractivity contribution in [3.8, 4) is 5.88 Å². The van der Waals surface area contributed by atoms with E-state index in [1.807, 2.05) is 0 Å². The summed E-state index contributed by atoms with van der Waals surface area (Å²) < 4.78 is 13.8. The van der Waals surface area contributed by atoms with E-state index in [0.717, 1.165) is 0 Å². The van der Waals surface area contributed by atoms with Crippen molar-refractivity contribution in [2.75, 3.05) is 0 Å². The van der Waals surface area contributed by atoms with Crippen LogP contribution in [0.1, 0.15) is 2.74 Å². The van der Waals surface area contributed by atoms with Gasteiger partial charge in [-0.1, -0.05) is 11.6 Å². The summed E-state index contributed by atoms with van der Waals surface area (Å²) >= 11 is 5.30. The summed E-state index contributed by atoms with van der Waals surface area (Å²) in [5.74, 6) is -0.565. The monoisotopic (exact) mass is 132 g/mol. The van der Waals surface area contributed by atoms with Gasteiger partial charge in [-0.3, -0.25) is 0 Å². The Hall–Kier alpha value is -0.830. The molecule has 1 aromatic heterocycles. The average molecular weight is 133 g/mol. The van der Waals surface area contributed by atoms with Gasteiger partial charge in [-0.15, -0.1) is 0 Å². The normalized spacial score (nSPS) is 12.6. The van der Waals surface area contributed by atoms with E-state index in [-0.39, 0.29) is 11.2 Å². The van der Waals surface area contributed by atoms with Gasteiger partial charge in [0.15, 0.2) is 0 Å². The molecule has 0 radical (unpaired) electrons. The fraction of sp³-hybridized carbons (Fsp3) is 0. The van der Waals surface area contributed by atoms with Crippen LogP contribution in [0.3, 0.4) is 0 Å². The maximum atomic E-state index is 8.74. The second kappa shape index (κ2) is 1.96. The van der Waals surface area contributed by atoms with Gasteiger partial charge >= 0.3 is 0 Å². The third kappa shape index (κ3) is 1.07. The van der Waals surface area contributed by atoms with Crippen LogP contribution >= 0.6 is 11.6 Å². The lowest BCUT2D eigenvalue weighted by Crippen LogP contribution is -1.75. The average Bonchev–Trinajstić information content (AvgIpc) is 1.82. The van der Waals surface area contributed by atoms with E-state index in [4.69, 9.17) is 19.4 Å². The second-order valence-corrected chi connectivity index (χ2v) is 1.42. The van der Waals surface area contributed by atoms with Gasteiger partial charge in [0, 0.05) is 6.04 Å². The van der Waals surface area contributed by atoms with Gasteiger partial charge < -0.3 is 5.11 Å². The zero-order chi connectivity index (χ0) is 7.72. The van der Waals surface area contributed by atoms with E-state index in [1.165, 1.54) is 0 Å². The number of hydrogen-bond donors (Lipinski definition) is 1. The van der Waals surface area contributed by atoms with Crippen LogP contribution in [0.15, 0.2) is 12.3 Å². The van der Waals surface area contributed by atoms with Gasteiger partial charge in [-0.25, -0.2) is 9.97 Å². The molecule has 1 N–H and O–H groups in total. The van der Waals surface area contributed by atoms with Gasteiger partial charge in [-0.2, -0.15) is 0 Å². The number of nitrogens with zero attached hydrogens (tertiary/aromatic N) is 2. The van der Waals surface area contributed by atoms with Crippen LogP contribution in [0.25, 0.3) is 0 Å². The van der Waals surface area contributed by atoms with Gasteiger partial charge in [0.2, 0.25) is 5.88 Å². The van der Waals surface area contributed by atoms with Crippen LogP contribution < -0.4 is 0 Å². The van der Waals surface area contributed by atoms with Gasteiger partial charge in [0.1, 0.15) is 12.8 Å². The van der Waals surface area contributed by atoms with E-state index >= 15 is 0 Å². The predicted octanol–water partition coefficient (Wildman–Crippen LogP) is 0.836. The summed E-state index contributed by atoms with van der Waals surface area (Å²) in [5.41, 5.74) is 0. The van der Waals surface area contributed by atoms with Gasteiger partial charge in [-0.05, 0) is 0 Å². The first kappa shape index (κ1) is 3.25. The third-order valence-corrected chi connectivity index (χ3v) is 0.698. The number of halogens is 1. The quantitative estimate of drug-likeness (QED) is 0.532. The highest BCUT2D eigenvalue weighted by Gasteiger charge is 1.88. The Morgan fingerprint density at radius 1 is 1.75 bits per heavy atom. The molecule has 42 valence electrons. The van der Waals surface area contributed by atoms with Crippen LogP contribution in [0.2, 0.25) is 5.15 Å². The zero-order valence-corrected chi connectivity index (χ0v) is 4.48. The standard InChI is InChI=1S/C4H3ClN2O/c5-3-1-4(8)7-2-6-3/h1-2H,(H,6,7,8)/i1D,2D. The van der Waals surface area contributed by atoms with Crippen LogP contribution in [-0.4, -0.2) is 15.1 Å². The fourth-order valence-electron chi connectivity index (χ4n) is 0.264. The highest BCUT2D eigenvalue weighted by Crippen LogP contribution is 2.07. The van der Waals surface area contributed by atoms with Crippen molar-refractivity contribution in [2.24, 2.45) is 0 Å². The molecule has 0 aromatic carbocycles. The van der Waals surface area contributed by atoms with Gasteiger partial charge in [0.05, 0.1) is 1.37 Å². The predicted molar refractivity (Wildman–Crippen MR) is 28.7 cm³/mol. The largest absolute Gasteiger partial charge is 0.493 e. The van der Waals surface area contributed by atoms with Crippen molar-refractivity contribution in [3.63, 3.8) is 0 Å². The molecule has 0 aliphatic heterocycles. The van der Waals surface area contributed by atoms with E-state index in [2.05, 4.69) is 9.97 Å². The molecule has 1 heterocycles. The molecule has 0 saturated heterocycles. The Kier molecular flexibility index (Phi) is 0.796. The molecule has 0 amide bonds. The molecule has 3 nitrogen and oxygen atoms in total. The summed E-state index contributed by atoms with van der Waals surface area (Å²) in [4.78, 5) is 6.48. The lowest BCUT2D eigenvalue weighted by atomic mass is 10.6. The Morgan fingerprint density at radius 3 is 3.12 bits per heavy atom. The summed E-state index contributed by atoms with van der Waals surface area (Å²) in [7, 11) is 0. The van der Waals surface area contributed by atoms with Crippen molar-refractivity contribution in [3.05, 3.63) is 17.5 Å². The second-order valence-electron chi connectivity index (χ2n) is 1.06. The fourth-order valence-corrected chi connectivity index (χ4v) is 0.387. The molecule has 0 fully saturated rings. The smallest absolute Gasteiger partial charge is 0.215 e. The summed E-state index contributed by atoms with van der Waals surface area (Å²) in [6.45, 7) is 0. The van der Waals surface area contributed by atoms with E-state index in [9.17, 15) is 0 Å². The topological polar surface area (TPSA) is 46.0 Å². The zero-order valence-electron chi connectivity index (χ0n) is 5.72. The first-order valence-electron chi connectivity index (χ1n) is 2.81. The summed E-state index contributed by atoms with van der Waals surface area (Å²) in [6.07, 6.45) is -0.390. The Balaban J connectivity index is 3.31. The molecule has 0 atom stereocenters. The molecule has 8 heavy (non-hydrogen) atoms. The van der Waals surface area contributed by atoms with Crippen molar-refractivity contribution < 1.29 is 7.85 Å². The molecule has 0 unspecified atom stereocenters. The van der Waals surface area contributed by atoms with Crippen LogP contribution in [0, 0.1) is 0 Å². The van der Waals surface area contributed by atoms with E-state index < -0.39 is 12.2 Å². The Morgan fingerprint density at radius 2 is 2.50 bits per heavy atom. The minimum absolute atomic E-state index is 0.211. The number of hydrogen-bond acceptors (Lipinski definition) is 3. The molecule has 0 spiro atoms. The highest BCUT2D eigenvalue weighted by atomic mass is 35.5. The number of aromatic hydroxyl groups is 1.